The molecule has 0 spiro atoms. The standard InChI is InChI=1S/C11H13ClO/c12-11(10-6-3-7-13-10)8-4-1-2-5-9(8)11/h3,6-9H,1-2,4-5H2. The van der Waals surface area contributed by atoms with Gasteiger partial charge >= 0.3 is 0 Å². The molecule has 0 bridgehead atoms. The molecule has 2 atom stereocenters. The van der Waals surface area contributed by atoms with Gasteiger partial charge in [0.25, 0.3) is 0 Å². The van der Waals surface area contributed by atoms with Gasteiger partial charge in [-0.05, 0) is 36.8 Å². The molecular formula is C11H13ClO. The zero-order chi connectivity index (χ0) is 8.89. The van der Waals surface area contributed by atoms with Gasteiger partial charge in [0, 0.05) is 0 Å². The summed E-state index contributed by atoms with van der Waals surface area (Å²) in [6.45, 7) is 0. The maximum Gasteiger partial charge on any atom is 0.125 e. The first kappa shape index (κ1) is 7.93. The lowest BCUT2D eigenvalue weighted by Gasteiger charge is -2.04. The van der Waals surface area contributed by atoms with Crippen LogP contribution in [0, 0.1) is 11.8 Å². The third-order valence-electron chi connectivity index (χ3n) is 3.63. The van der Waals surface area contributed by atoms with Gasteiger partial charge in [0.2, 0.25) is 0 Å². The molecule has 1 aromatic rings. The smallest absolute Gasteiger partial charge is 0.125 e. The third-order valence-corrected chi connectivity index (χ3v) is 4.38. The Labute approximate surface area is 83.1 Å². The van der Waals surface area contributed by atoms with Gasteiger partial charge in [-0.15, -0.1) is 11.6 Å². The molecule has 1 aromatic heterocycles. The fourth-order valence-corrected chi connectivity index (χ4v) is 3.48. The van der Waals surface area contributed by atoms with Gasteiger partial charge in [0.15, 0.2) is 0 Å². The van der Waals surface area contributed by atoms with Gasteiger partial charge in [-0.1, -0.05) is 12.8 Å². The summed E-state index contributed by atoms with van der Waals surface area (Å²) in [6, 6.07) is 3.95. The highest BCUT2D eigenvalue weighted by Crippen LogP contribution is 2.68. The van der Waals surface area contributed by atoms with Gasteiger partial charge in [-0.2, -0.15) is 0 Å². The Morgan fingerprint density at radius 2 is 2.00 bits per heavy atom. The van der Waals surface area contributed by atoms with E-state index in [1.165, 1.54) is 25.7 Å². The van der Waals surface area contributed by atoms with Gasteiger partial charge in [-0.25, -0.2) is 0 Å². The molecule has 0 aliphatic heterocycles. The molecule has 2 fully saturated rings. The molecule has 0 aromatic carbocycles. The Bertz CT molecular complexity index is 292. The van der Waals surface area contributed by atoms with Crippen molar-refractivity contribution in [3.05, 3.63) is 24.2 Å². The van der Waals surface area contributed by atoms with E-state index in [0.717, 1.165) is 5.76 Å². The second kappa shape index (κ2) is 2.54. The summed E-state index contributed by atoms with van der Waals surface area (Å²) in [5.41, 5.74) is 0. The minimum atomic E-state index is -0.125. The highest BCUT2D eigenvalue weighted by atomic mass is 35.5. The van der Waals surface area contributed by atoms with E-state index in [1.807, 2.05) is 12.1 Å². The maximum atomic E-state index is 6.59. The Balaban J connectivity index is 1.92. The average molecular weight is 197 g/mol. The lowest BCUT2D eigenvalue weighted by molar-refractivity contribution is 0.480. The summed E-state index contributed by atoms with van der Waals surface area (Å²) in [5, 5.41) is 0. The molecule has 2 aliphatic rings. The van der Waals surface area contributed by atoms with E-state index in [9.17, 15) is 0 Å². The van der Waals surface area contributed by atoms with Crippen LogP contribution in [0.5, 0.6) is 0 Å². The van der Waals surface area contributed by atoms with Crippen LogP contribution in [0.15, 0.2) is 22.8 Å². The van der Waals surface area contributed by atoms with Gasteiger partial charge in [0.05, 0.1) is 6.26 Å². The second-order valence-corrected chi connectivity index (χ2v) is 4.87. The summed E-state index contributed by atoms with van der Waals surface area (Å²) in [5.74, 6) is 2.37. The predicted molar refractivity (Wildman–Crippen MR) is 51.7 cm³/mol. The zero-order valence-corrected chi connectivity index (χ0v) is 8.26. The molecule has 13 heavy (non-hydrogen) atoms. The van der Waals surface area contributed by atoms with Crippen molar-refractivity contribution in [2.45, 2.75) is 30.6 Å². The molecule has 0 N–H and O–H groups in total. The van der Waals surface area contributed by atoms with E-state index in [2.05, 4.69) is 0 Å². The molecule has 1 heterocycles. The Kier molecular flexibility index (Phi) is 1.55. The van der Waals surface area contributed by atoms with Crippen LogP contribution in [0.4, 0.5) is 0 Å². The van der Waals surface area contributed by atoms with Gasteiger partial charge in [0.1, 0.15) is 10.6 Å². The number of furan rings is 1. The van der Waals surface area contributed by atoms with Crippen LogP contribution in [0.1, 0.15) is 31.4 Å². The van der Waals surface area contributed by atoms with Crippen molar-refractivity contribution >= 4 is 11.6 Å². The SMILES string of the molecule is ClC1(c2ccco2)C2CCCCC21. The quantitative estimate of drug-likeness (QED) is 0.627. The van der Waals surface area contributed by atoms with Crippen molar-refractivity contribution in [1.82, 2.24) is 0 Å². The largest absolute Gasteiger partial charge is 0.467 e. The lowest BCUT2D eigenvalue weighted by Crippen LogP contribution is -1.99. The molecule has 1 nitrogen and oxygen atoms in total. The molecular weight excluding hydrogens is 184 g/mol. The average Bonchev–Trinajstić information content (AvgIpc) is 2.62. The van der Waals surface area contributed by atoms with E-state index in [4.69, 9.17) is 16.0 Å². The number of halogens is 1. The van der Waals surface area contributed by atoms with E-state index in [-0.39, 0.29) is 4.87 Å². The lowest BCUT2D eigenvalue weighted by atomic mass is 10.0. The molecule has 3 rings (SSSR count). The van der Waals surface area contributed by atoms with Crippen LogP contribution in [0.2, 0.25) is 0 Å². The molecule has 2 saturated carbocycles. The van der Waals surface area contributed by atoms with Gasteiger partial charge < -0.3 is 4.42 Å². The topological polar surface area (TPSA) is 13.1 Å². The van der Waals surface area contributed by atoms with Gasteiger partial charge in [-0.3, -0.25) is 0 Å². The highest BCUT2D eigenvalue weighted by Gasteiger charge is 2.66. The van der Waals surface area contributed by atoms with Crippen LogP contribution in [-0.4, -0.2) is 0 Å². The predicted octanol–water partition coefficient (Wildman–Crippen LogP) is 3.53. The van der Waals surface area contributed by atoms with Crippen molar-refractivity contribution in [2.24, 2.45) is 11.8 Å². The zero-order valence-electron chi connectivity index (χ0n) is 7.50. The summed E-state index contributed by atoms with van der Waals surface area (Å²) >= 11 is 6.59. The summed E-state index contributed by atoms with van der Waals surface area (Å²) < 4.78 is 5.42. The first-order chi connectivity index (χ1) is 6.33. The normalized spacial score (nSPS) is 42.8. The van der Waals surface area contributed by atoms with Crippen molar-refractivity contribution in [3.63, 3.8) is 0 Å². The fraction of sp³-hybridized carbons (Fsp3) is 0.636. The van der Waals surface area contributed by atoms with Crippen LogP contribution < -0.4 is 0 Å². The maximum absolute atomic E-state index is 6.59. The Hall–Kier alpha value is -0.430. The number of rotatable bonds is 1. The number of hydrogen-bond donors (Lipinski definition) is 0. The summed E-state index contributed by atoms with van der Waals surface area (Å²) in [4.78, 5) is -0.125. The molecule has 0 radical (unpaired) electrons. The third kappa shape index (κ3) is 0.940. The second-order valence-electron chi connectivity index (χ2n) is 4.24. The summed E-state index contributed by atoms with van der Waals surface area (Å²) in [7, 11) is 0. The van der Waals surface area contributed by atoms with E-state index >= 15 is 0 Å². The Morgan fingerprint density at radius 3 is 2.54 bits per heavy atom. The van der Waals surface area contributed by atoms with Crippen LogP contribution in [0.3, 0.4) is 0 Å². The van der Waals surface area contributed by atoms with E-state index < -0.39 is 0 Å². The molecule has 2 heteroatoms. The van der Waals surface area contributed by atoms with Crippen molar-refractivity contribution in [2.75, 3.05) is 0 Å². The Morgan fingerprint density at radius 1 is 1.31 bits per heavy atom. The molecule has 0 saturated heterocycles. The van der Waals surface area contributed by atoms with E-state index in [1.54, 1.807) is 6.26 Å². The number of hydrogen-bond acceptors (Lipinski definition) is 1. The minimum Gasteiger partial charge on any atom is -0.467 e. The number of fused-ring (bicyclic) bond motifs is 1. The monoisotopic (exact) mass is 196 g/mol. The molecule has 70 valence electrons. The first-order valence-electron chi connectivity index (χ1n) is 5.06. The van der Waals surface area contributed by atoms with Crippen molar-refractivity contribution < 1.29 is 4.42 Å². The van der Waals surface area contributed by atoms with Crippen LogP contribution in [0.25, 0.3) is 0 Å². The van der Waals surface area contributed by atoms with Crippen molar-refractivity contribution in [1.29, 1.82) is 0 Å². The van der Waals surface area contributed by atoms with Crippen LogP contribution >= 0.6 is 11.6 Å². The summed E-state index contributed by atoms with van der Waals surface area (Å²) in [6.07, 6.45) is 6.99. The highest BCUT2D eigenvalue weighted by molar-refractivity contribution is 6.26. The van der Waals surface area contributed by atoms with Crippen molar-refractivity contribution in [3.8, 4) is 0 Å². The molecule has 2 aliphatic carbocycles. The van der Waals surface area contributed by atoms with E-state index in [0.29, 0.717) is 11.8 Å². The number of alkyl halides is 1. The van der Waals surface area contributed by atoms with Crippen LogP contribution in [-0.2, 0) is 4.87 Å². The minimum absolute atomic E-state index is 0.125. The fourth-order valence-electron chi connectivity index (χ4n) is 2.91. The first-order valence-corrected chi connectivity index (χ1v) is 5.44. The molecule has 2 unspecified atom stereocenters. The molecule has 0 amide bonds.